The lowest BCUT2D eigenvalue weighted by Gasteiger charge is -2.29. The third-order valence-electron chi connectivity index (χ3n) is 3.62. The summed E-state index contributed by atoms with van der Waals surface area (Å²) in [6.45, 7) is 9.19. The van der Waals surface area contributed by atoms with Crippen LogP contribution in [0.3, 0.4) is 0 Å². The number of amides is 1. The number of carbonyl (C=O) groups is 1. The second kappa shape index (κ2) is 6.97. The zero-order valence-corrected chi connectivity index (χ0v) is 11.6. The molecule has 1 aliphatic heterocycles. The number of nitrogens with zero attached hydrogens (tertiary/aromatic N) is 1. The molecule has 0 aromatic carbocycles. The minimum atomic E-state index is -0.0351. The van der Waals surface area contributed by atoms with Gasteiger partial charge in [0, 0.05) is 19.1 Å². The lowest BCUT2D eigenvalue weighted by Crippen LogP contribution is -2.48. The second-order valence-corrected chi connectivity index (χ2v) is 5.46. The van der Waals surface area contributed by atoms with E-state index in [4.69, 9.17) is 0 Å². The first-order chi connectivity index (χ1) is 8.02. The fraction of sp³-hybridized carbons (Fsp3) is 0.923. The molecule has 100 valence electrons. The average Bonchev–Trinajstić information content (AvgIpc) is 2.79. The van der Waals surface area contributed by atoms with Crippen LogP contribution in [0.2, 0.25) is 0 Å². The van der Waals surface area contributed by atoms with Crippen molar-refractivity contribution < 1.29 is 4.79 Å². The molecule has 2 atom stereocenters. The Morgan fingerprint density at radius 2 is 2.18 bits per heavy atom. The molecule has 0 radical (unpaired) electrons. The minimum absolute atomic E-state index is 0.0351. The first-order valence-electron chi connectivity index (χ1n) is 6.72. The van der Waals surface area contributed by atoms with Gasteiger partial charge in [0.15, 0.2) is 0 Å². The Bertz CT molecular complexity index is 237. The molecule has 17 heavy (non-hydrogen) atoms. The summed E-state index contributed by atoms with van der Waals surface area (Å²) >= 11 is 0. The predicted molar refractivity (Wildman–Crippen MR) is 71.0 cm³/mol. The molecule has 0 bridgehead atoms. The SMILES string of the molecule is CC(C)CCNC(=O)C(C)N(C)C1CCNC1. The fourth-order valence-electron chi connectivity index (χ4n) is 2.12. The molecule has 4 nitrogen and oxygen atoms in total. The molecule has 0 spiro atoms. The van der Waals surface area contributed by atoms with Gasteiger partial charge in [-0.05, 0) is 39.3 Å². The molecule has 2 N–H and O–H groups in total. The van der Waals surface area contributed by atoms with E-state index in [1.54, 1.807) is 0 Å². The van der Waals surface area contributed by atoms with Gasteiger partial charge in [0.1, 0.15) is 0 Å². The molecule has 0 aromatic heterocycles. The van der Waals surface area contributed by atoms with Crippen molar-refractivity contribution >= 4 is 5.91 Å². The molecular weight excluding hydrogens is 214 g/mol. The quantitative estimate of drug-likeness (QED) is 0.724. The van der Waals surface area contributed by atoms with Gasteiger partial charge >= 0.3 is 0 Å². The van der Waals surface area contributed by atoms with Crippen molar-refractivity contribution in [2.24, 2.45) is 5.92 Å². The van der Waals surface area contributed by atoms with Gasteiger partial charge in [-0.1, -0.05) is 13.8 Å². The van der Waals surface area contributed by atoms with Gasteiger partial charge < -0.3 is 10.6 Å². The Hall–Kier alpha value is -0.610. The maximum Gasteiger partial charge on any atom is 0.237 e. The molecule has 0 saturated carbocycles. The molecule has 1 saturated heterocycles. The van der Waals surface area contributed by atoms with Crippen LogP contribution in [0.25, 0.3) is 0 Å². The number of nitrogens with one attached hydrogen (secondary N) is 2. The van der Waals surface area contributed by atoms with Gasteiger partial charge in [0.05, 0.1) is 6.04 Å². The van der Waals surface area contributed by atoms with Crippen molar-refractivity contribution in [1.29, 1.82) is 0 Å². The Kier molecular flexibility index (Phi) is 5.92. The Morgan fingerprint density at radius 1 is 1.47 bits per heavy atom. The first-order valence-corrected chi connectivity index (χ1v) is 6.72. The number of rotatable bonds is 6. The van der Waals surface area contributed by atoms with Gasteiger partial charge in [0.25, 0.3) is 0 Å². The molecule has 2 unspecified atom stereocenters. The van der Waals surface area contributed by atoms with Crippen LogP contribution in [0.15, 0.2) is 0 Å². The number of likely N-dealkylation sites (N-methyl/N-ethyl adjacent to an activating group) is 1. The summed E-state index contributed by atoms with van der Waals surface area (Å²) in [5.41, 5.74) is 0. The highest BCUT2D eigenvalue weighted by Gasteiger charge is 2.26. The van der Waals surface area contributed by atoms with Crippen LogP contribution < -0.4 is 10.6 Å². The van der Waals surface area contributed by atoms with E-state index in [-0.39, 0.29) is 11.9 Å². The van der Waals surface area contributed by atoms with Crippen LogP contribution in [0.5, 0.6) is 0 Å². The number of carbonyl (C=O) groups excluding carboxylic acids is 1. The standard InChI is InChI=1S/C13H27N3O/c1-10(2)5-8-15-13(17)11(3)16(4)12-6-7-14-9-12/h10-12,14H,5-9H2,1-4H3,(H,15,17). The van der Waals surface area contributed by atoms with Crippen molar-refractivity contribution in [3.8, 4) is 0 Å². The molecule has 1 heterocycles. The van der Waals surface area contributed by atoms with Crippen LogP contribution in [0.1, 0.15) is 33.6 Å². The van der Waals surface area contributed by atoms with Crippen LogP contribution in [0, 0.1) is 5.92 Å². The lowest BCUT2D eigenvalue weighted by molar-refractivity contribution is -0.126. The highest BCUT2D eigenvalue weighted by molar-refractivity contribution is 5.81. The fourth-order valence-corrected chi connectivity index (χ4v) is 2.12. The molecule has 0 aliphatic carbocycles. The van der Waals surface area contributed by atoms with Crippen molar-refractivity contribution in [2.45, 2.75) is 45.7 Å². The van der Waals surface area contributed by atoms with Gasteiger partial charge in [-0.25, -0.2) is 0 Å². The summed E-state index contributed by atoms with van der Waals surface area (Å²) in [4.78, 5) is 14.1. The zero-order valence-electron chi connectivity index (χ0n) is 11.6. The highest BCUT2D eigenvalue weighted by Crippen LogP contribution is 2.10. The molecule has 0 aromatic rings. The molecule has 1 fully saturated rings. The van der Waals surface area contributed by atoms with Crippen molar-refractivity contribution in [1.82, 2.24) is 15.5 Å². The maximum atomic E-state index is 11.9. The summed E-state index contributed by atoms with van der Waals surface area (Å²) in [6.07, 6.45) is 2.19. The largest absolute Gasteiger partial charge is 0.355 e. The molecule has 1 rings (SSSR count). The Morgan fingerprint density at radius 3 is 2.71 bits per heavy atom. The van der Waals surface area contributed by atoms with E-state index in [1.807, 2.05) is 14.0 Å². The average molecular weight is 241 g/mol. The van der Waals surface area contributed by atoms with Gasteiger partial charge in [-0.2, -0.15) is 0 Å². The normalized spacial score (nSPS) is 22.1. The van der Waals surface area contributed by atoms with Gasteiger partial charge in [-0.3, -0.25) is 9.69 Å². The van der Waals surface area contributed by atoms with Crippen LogP contribution in [-0.2, 0) is 4.79 Å². The molecule has 4 heteroatoms. The molecule has 1 amide bonds. The van der Waals surface area contributed by atoms with Crippen LogP contribution >= 0.6 is 0 Å². The van der Waals surface area contributed by atoms with Gasteiger partial charge in [0.2, 0.25) is 5.91 Å². The first kappa shape index (κ1) is 14.5. The topological polar surface area (TPSA) is 44.4 Å². The van der Waals surface area contributed by atoms with Crippen molar-refractivity contribution in [3.63, 3.8) is 0 Å². The summed E-state index contributed by atoms with van der Waals surface area (Å²) in [5, 5.41) is 6.35. The van der Waals surface area contributed by atoms with Gasteiger partial charge in [-0.15, -0.1) is 0 Å². The van der Waals surface area contributed by atoms with E-state index in [0.29, 0.717) is 12.0 Å². The smallest absolute Gasteiger partial charge is 0.237 e. The van der Waals surface area contributed by atoms with E-state index in [0.717, 1.165) is 32.5 Å². The van der Waals surface area contributed by atoms with E-state index in [2.05, 4.69) is 29.4 Å². The Balaban J connectivity index is 2.29. The van der Waals surface area contributed by atoms with E-state index >= 15 is 0 Å². The Labute approximate surface area is 105 Å². The molecule has 1 aliphatic rings. The lowest BCUT2D eigenvalue weighted by atomic mass is 10.1. The number of hydrogen-bond acceptors (Lipinski definition) is 3. The summed E-state index contributed by atoms with van der Waals surface area (Å²) in [6, 6.07) is 0.466. The zero-order chi connectivity index (χ0) is 12.8. The van der Waals surface area contributed by atoms with E-state index in [1.165, 1.54) is 0 Å². The third-order valence-corrected chi connectivity index (χ3v) is 3.62. The summed E-state index contributed by atoms with van der Waals surface area (Å²) in [7, 11) is 2.05. The van der Waals surface area contributed by atoms with E-state index < -0.39 is 0 Å². The summed E-state index contributed by atoms with van der Waals surface area (Å²) < 4.78 is 0. The number of hydrogen-bond donors (Lipinski definition) is 2. The van der Waals surface area contributed by atoms with Crippen LogP contribution in [-0.4, -0.2) is 49.6 Å². The molecular formula is C13H27N3O. The predicted octanol–water partition coefficient (Wildman–Crippen LogP) is 0.831. The third kappa shape index (κ3) is 4.64. The van der Waals surface area contributed by atoms with Crippen molar-refractivity contribution in [3.05, 3.63) is 0 Å². The maximum absolute atomic E-state index is 11.9. The van der Waals surface area contributed by atoms with Crippen molar-refractivity contribution in [2.75, 3.05) is 26.7 Å². The monoisotopic (exact) mass is 241 g/mol. The highest BCUT2D eigenvalue weighted by atomic mass is 16.2. The van der Waals surface area contributed by atoms with Crippen LogP contribution in [0.4, 0.5) is 0 Å². The second-order valence-electron chi connectivity index (χ2n) is 5.46. The minimum Gasteiger partial charge on any atom is -0.355 e. The summed E-state index contributed by atoms with van der Waals surface area (Å²) in [5.74, 6) is 0.794. The van der Waals surface area contributed by atoms with E-state index in [9.17, 15) is 4.79 Å².